The van der Waals surface area contributed by atoms with E-state index in [4.69, 9.17) is 4.74 Å². The van der Waals surface area contributed by atoms with E-state index < -0.39 is 18.1 Å². The van der Waals surface area contributed by atoms with Crippen LogP contribution in [0.15, 0.2) is 49.3 Å². The second-order valence-corrected chi connectivity index (χ2v) is 9.02. The molecule has 1 amide bonds. The summed E-state index contributed by atoms with van der Waals surface area (Å²) in [7, 11) is 0. The van der Waals surface area contributed by atoms with Crippen LogP contribution in [-0.2, 0) is 9.53 Å². The van der Waals surface area contributed by atoms with Crippen molar-refractivity contribution < 1.29 is 22.7 Å². The van der Waals surface area contributed by atoms with E-state index in [1.807, 2.05) is 6.07 Å². The molecule has 2 aliphatic rings. The van der Waals surface area contributed by atoms with Crippen LogP contribution in [0.5, 0.6) is 0 Å². The molecule has 8 nitrogen and oxygen atoms in total. The van der Waals surface area contributed by atoms with Crippen molar-refractivity contribution in [2.24, 2.45) is 5.92 Å². The van der Waals surface area contributed by atoms with Crippen molar-refractivity contribution in [3.8, 4) is 11.3 Å². The van der Waals surface area contributed by atoms with Crippen LogP contribution in [-0.4, -0.2) is 77.4 Å². The van der Waals surface area contributed by atoms with Gasteiger partial charge in [-0.05, 0) is 36.3 Å². The molecule has 5 rings (SSSR count). The van der Waals surface area contributed by atoms with Gasteiger partial charge in [0.25, 0.3) is 0 Å². The van der Waals surface area contributed by atoms with Crippen molar-refractivity contribution in [1.82, 2.24) is 19.9 Å². The van der Waals surface area contributed by atoms with Crippen molar-refractivity contribution in [1.29, 1.82) is 0 Å². The third kappa shape index (κ3) is 4.88. The zero-order chi connectivity index (χ0) is 25.3. The van der Waals surface area contributed by atoms with Crippen molar-refractivity contribution in [2.75, 3.05) is 49.6 Å². The van der Waals surface area contributed by atoms with E-state index in [0.29, 0.717) is 31.1 Å². The molecular formula is C25H27F3N6O2. The lowest BCUT2D eigenvalue weighted by Crippen LogP contribution is -2.44. The highest BCUT2D eigenvalue weighted by atomic mass is 19.4. The predicted octanol–water partition coefficient (Wildman–Crippen LogP) is 3.84. The average Bonchev–Trinajstić information content (AvgIpc) is 3.54. The molecule has 0 spiro atoms. The molecule has 2 atom stereocenters. The number of H-pyrrole nitrogens is 1. The first-order valence-corrected chi connectivity index (χ1v) is 11.8. The molecule has 2 aromatic heterocycles. The molecule has 190 valence electrons. The second kappa shape index (κ2) is 9.81. The van der Waals surface area contributed by atoms with Crippen LogP contribution in [0.25, 0.3) is 22.3 Å². The lowest BCUT2D eigenvalue weighted by Gasteiger charge is -2.28. The maximum absolute atomic E-state index is 13.9. The zero-order valence-corrected chi connectivity index (χ0v) is 19.6. The number of likely N-dealkylation sites (tertiary alicyclic amines) is 1. The van der Waals surface area contributed by atoms with Gasteiger partial charge < -0.3 is 24.8 Å². The molecule has 2 fully saturated rings. The largest absolute Gasteiger partial charge is 0.408 e. The van der Waals surface area contributed by atoms with Gasteiger partial charge in [-0.25, -0.2) is 9.97 Å². The fourth-order valence-electron chi connectivity index (χ4n) is 4.89. The van der Waals surface area contributed by atoms with Gasteiger partial charge in [-0.15, -0.1) is 0 Å². The number of morpholine rings is 1. The van der Waals surface area contributed by atoms with Gasteiger partial charge in [0, 0.05) is 43.5 Å². The number of aromatic nitrogens is 3. The molecule has 0 bridgehead atoms. The highest BCUT2D eigenvalue weighted by molar-refractivity contribution is 5.92. The number of carbonyl (C=O) groups excluding carboxylic acids is 1. The molecule has 0 aliphatic carbocycles. The summed E-state index contributed by atoms with van der Waals surface area (Å²) in [6, 6.07) is 7.01. The number of amides is 1. The van der Waals surface area contributed by atoms with E-state index in [1.54, 1.807) is 24.3 Å². The Morgan fingerprint density at radius 3 is 2.64 bits per heavy atom. The van der Waals surface area contributed by atoms with Crippen molar-refractivity contribution in [2.45, 2.75) is 18.6 Å². The Bertz CT molecular complexity index is 1240. The van der Waals surface area contributed by atoms with Gasteiger partial charge in [0.05, 0.1) is 18.6 Å². The van der Waals surface area contributed by atoms with E-state index in [9.17, 15) is 18.0 Å². The minimum atomic E-state index is -4.46. The molecule has 1 aromatic carbocycles. The molecule has 0 unspecified atom stereocenters. The summed E-state index contributed by atoms with van der Waals surface area (Å²) in [4.78, 5) is 27.5. The van der Waals surface area contributed by atoms with Gasteiger partial charge in [-0.2, -0.15) is 13.2 Å². The van der Waals surface area contributed by atoms with Crippen LogP contribution >= 0.6 is 0 Å². The van der Waals surface area contributed by atoms with Gasteiger partial charge in [0.2, 0.25) is 5.91 Å². The number of hydrogen-bond acceptors (Lipinski definition) is 6. The number of nitrogens with zero attached hydrogens (tertiary/aromatic N) is 4. The molecule has 0 radical (unpaired) electrons. The number of fused-ring (bicyclic) bond motifs is 1. The molecular weight excluding hydrogens is 473 g/mol. The maximum atomic E-state index is 13.9. The van der Waals surface area contributed by atoms with Crippen LogP contribution in [0.1, 0.15) is 6.42 Å². The summed E-state index contributed by atoms with van der Waals surface area (Å²) < 4.78 is 47.1. The SMILES string of the molecule is C=CC(=O)N1CC[C@H]([C@@H](Nc2ccc(-c3cc4c(N5CCOCC5)ncnc4[nH]3)cc2)C(F)(F)F)C1. The molecule has 3 aromatic rings. The summed E-state index contributed by atoms with van der Waals surface area (Å²) in [6.07, 6.45) is -1.53. The maximum Gasteiger partial charge on any atom is 0.408 e. The van der Waals surface area contributed by atoms with Gasteiger partial charge in [-0.1, -0.05) is 18.7 Å². The molecule has 2 saturated heterocycles. The van der Waals surface area contributed by atoms with E-state index >= 15 is 0 Å². The number of ether oxygens (including phenoxy) is 1. The minimum absolute atomic E-state index is 0.0433. The van der Waals surface area contributed by atoms with Crippen LogP contribution < -0.4 is 10.2 Å². The summed E-state index contributed by atoms with van der Waals surface area (Å²) in [5.74, 6) is -0.250. The van der Waals surface area contributed by atoms with Crippen LogP contribution in [0.3, 0.4) is 0 Å². The quantitative estimate of drug-likeness (QED) is 0.501. The first-order valence-electron chi connectivity index (χ1n) is 11.8. The number of aromatic amines is 1. The molecule has 11 heteroatoms. The van der Waals surface area contributed by atoms with Gasteiger partial charge in [-0.3, -0.25) is 4.79 Å². The summed E-state index contributed by atoms with van der Waals surface area (Å²) >= 11 is 0. The predicted molar refractivity (Wildman–Crippen MR) is 131 cm³/mol. The van der Waals surface area contributed by atoms with E-state index in [1.165, 1.54) is 11.2 Å². The summed E-state index contributed by atoms with van der Waals surface area (Å²) in [5.41, 5.74) is 2.67. The van der Waals surface area contributed by atoms with Crippen molar-refractivity contribution in [3.63, 3.8) is 0 Å². The molecule has 2 N–H and O–H groups in total. The number of carbonyl (C=O) groups is 1. The van der Waals surface area contributed by atoms with Crippen LogP contribution in [0.2, 0.25) is 0 Å². The zero-order valence-electron chi connectivity index (χ0n) is 19.6. The van der Waals surface area contributed by atoms with E-state index in [0.717, 1.165) is 41.6 Å². The van der Waals surface area contributed by atoms with Gasteiger partial charge in [0.1, 0.15) is 23.8 Å². The Labute approximate surface area is 206 Å². The standard InChI is InChI=1S/C25H27F3N6O2/c1-2-21(35)34-8-7-17(14-34)22(25(26,27)28)31-18-5-3-16(4-6-18)20-13-19-23(32-20)29-15-30-24(19)33-9-11-36-12-10-33/h2-6,13,15,17,22,31H,1,7-12,14H2,(H,29,30,32)/t17-,22+/m0/s1. The number of hydrogen-bond donors (Lipinski definition) is 2. The smallest absolute Gasteiger partial charge is 0.378 e. The molecule has 4 heterocycles. The second-order valence-electron chi connectivity index (χ2n) is 9.02. The highest BCUT2D eigenvalue weighted by Crippen LogP contribution is 2.35. The molecule has 2 aliphatic heterocycles. The Balaban J connectivity index is 1.34. The normalized spacial score (nSPS) is 19.5. The summed E-state index contributed by atoms with van der Waals surface area (Å²) in [6.45, 7) is 6.52. The Morgan fingerprint density at radius 2 is 1.94 bits per heavy atom. The third-order valence-electron chi connectivity index (χ3n) is 6.77. The Hall–Kier alpha value is -3.60. The molecule has 36 heavy (non-hydrogen) atoms. The monoisotopic (exact) mass is 500 g/mol. The number of anilines is 2. The lowest BCUT2D eigenvalue weighted by atomic mass is 9.98. The average molecular weight is 501 g/mol. The van der Waals surface area contributed by atoms with Crippen molar-refractivity contribution in [3.05, 3.63) is 49.3 Å². The number of rotatable bonds is 6. The Kier molecular flexibility index (Phi) is 6.57. The number of halogens is 3. The van der Waals surface area contributed by atoms with Crippen molar-refractivity contribution >= 4 is 28.4 Å². The van der Waals surface area contributed by atoms with Crippen LogP contribution in [0.4, 0.5) is 24.7 Å². The van der Waals surface area contributed by atoms with Gasteiger partial charge in [0.15, 0.2) is 0 Å². The first-order chi connectivity index (χ1) is 17.3. The van der Waals surface area contributed by atoms with E-state index in [2.05, 4.69) is 31.7 Å². The van der Waals surface area contributed by atoms with Gasteiger partial charge >= 0.3 is 6.18 Å². The number of nitrogens with one attached hydrogen (secondary N) is 2. The fraction of sp³-hybridized carbons (Fsp3) is 0.400. The summed E-state index contributed by atoms with van der Waals surface area (Å²) in [5, 5.41) is 3.54. The Morgan fingerprint density at radius 1 is 1.19 bits per heavy atom. The molecule has 0 saturated carbocycles. The first kappa shape index (κ1) is 24.1. The topological polar surface area (TPSA) is 86.4 Å². The third-order valence-corrected chi connectivity index (χ3v) is 6.77. The van der Waals surface area contributed by atoms with Crippen LogP contribution in [0, 0.1) is 5.92 Å². The highest BCUT2D eigenvalue weighted by Gasteiger charge is 2.47. The van der Waals surface area contributed by atoms with E-state index in [-0.39, 0.29) is 18.9 Å². The number of alkyl halides is 3. The minimum Gasteiger partial charge on any atom is -0.378 e. The number of benzene rings is 1. The fourth-order valence-corrected chi connectivity index (χ4v) is 4.89. The lowest BCUT2D eigenvalue weighted by molar-refractivity contribution is -0.153.